The van der Waals surface area contributed by atoms with Gasteiger partial charge in [-0.25, -0.2) is 4.98 Å². The first-order valence-electron chi connectivity index (χ1n) is 4.37. The number of aryl methyl sites for hydroxylation is 1. The summed E-state index contributed by atoms with van der Waals surface area (Å²) in [4.78, 5) is 17.1. The molecular weight excluding hydrogens is 168 g/mol. The molecule has 0 saturated heterocycles. The zero-order valence-corrected chi connectivity index (χ0v) is 7.83. The van der Waals surface area contributed by atoms with Crippen LogP contribution >= 0.6 is 0 Å². The molecule has 70 valence electrons. The Morgan fingerprint density at radius 2 is 2.38 bits per heavy atom. The Morgan fingerprint density at radius 3 is 3.08 bits per heavy atom. The molecule has 0 unspecified atom stereocenters. The Balaban J connectivity index is 2.24. The molecule has 0 bridgehead atoms. The molecule has 0 aliphatic carbocycles. The van der Waals surface area contributed by atoms with Gasteiger partial charge in [0.05, 0.1) is 6.54 Å². The standard InChI is InChI=1S/C9H12N2O2/c1-6-10-8-5-11(7(2)12)4-3-9(8)13-6/h3-5H2,1-2H3. The van der Waals surface area contributed by atoms with Crippen LogP contribution in [0, 0.1) is 6.92 Å². The highest BCUT2D eigenvalue weighted by Gasteiger charge is 2.22. The number of fused-ring (bicyclic) bond motifs is 1. The molecule has 2 heterocycles. The highest BCUT2D eigenvalue weighted by molar-refractivity contribution is 5.73. The van der Waals surface area contributed by atoms with E-state index in [2.05, 4.69) is 4.98 Å². The molecule has 1 aromatic heterocycles. The summed E-state index contributed by atoms with van der Waals surface area (Å²) >= 11 is 0. The van der Waals surface area contributed by atoms with Gasteiger partial charge in [0.15, 0.2) is 5.89 Å². The van der Waals surface area contributed by atoms with E-state index in [1.807, 2.05) is 6.92 Å². The van der Waals surface area contributed by atoms with E-state index in [9.17, 15) is 4.79 Å². The second-order valence-electron chi connectivity index (χ2n) is 3.29. The maximum atomic E-state index is 11.1. The predicted octanol–water partition coefficient (Wildman–Crippen LogP) is 0.888. The number of aromatic nitrogens is 1. The Hall–Kier alpha value is -1.32. The van der Waals surface area contributed by atoms with E-state index in [0.717, 1.165) is 24.4 Å². The maximum absolute atomic E-state index is 11.1. The smallest absolute Gasteiger partial charge is 0.219 e. The fraction of sp³-hybridized carbons (Fsp3) is 0.556. The molecule has 2 rings (SSSR count). The van der Waals surface area contributed by atoms with Gasteiger partial charge in [-0.05, 0) is 0 Å². The maximum Gasteiger partial charge on any atom is 0.219 e. The SMILES string of the molecule is CC(=O)N1CCc2oc(C)nc2C1. The summed E-state index contributed by atoms with van der Waals surface area (Å²) in [7, 11) is 0. The third kappa shape index (κ3) is 1.43. The fourth-order valence-electron chi connectivity index (χ4n) is 1.60. The van der Waals surface area contributed by atoms with Gasteiger partial charge in [0.1, 0.15) is 11.5 Å². The number of carbonyl (C=O) groups excluding carboxylic acids is 1. The molecule has 0 spiro atoms. The molecule has 1 amide bonds. The first-order chi connectivity index (χ1) is 6.16. The molecule has 0 saturated carbocycles. The van der Waals surface area contributed by atoms with Crippen LogP contribution in [0.1, 0.15) is 24.3 Å². The van der Waals surface area contributed by atoms with E-state index in [0.29, 0.717) is 12.4 Å². The van der Waals surface area contributed by atoms with Gasteiger partial charge >= 0.3 is 0 Å². The first kappa shape index (κ1) is 8.29. The molecule has 0 fully saturated rings. The normalized spacial score (nSPS) is 15.7. The molecule has 4 heteroatoms. The predicted molar refractivity (Wildman–Crippen MR) is 46.0 cm³/mol. The molecule has 4 nitrogen and oxygen atoms in total. The average molecular weight is 180 g/mol. The molecule has 0 N–H and O–H groups in total. The number of hydrogen-bond donors (Lipinski definition) is 0. The van der Waals surface area contributed by atoms with Crippen LogP contribution in [0.5, 0.6) is 0 Å². The van der Waals surface area contributed by atoms with Crippen molar-refractivity contribution in [3.05, 3.63) is 17.3 Å². The monoisotopic (exact) mass is 180 g/mol. The fourth-order valence-corrected chi connectivity index (χ4v) is 1.60. The van der Waals surface area contributed by atoms with Crippen LogP contribution in [0.4, 0.5) is 0 Å². The molecular formula is C9H12N2O2. The summed E-state index contributed by atoms with van der Waals surface area (Å²) in [6.45, 7) is 4.76. The van der Waals surface area contributed by atoms with Crippen molar-refractivity contribution in [2.75, 3.05) is 6.54 Å². The van der Waals surface area contributed by atoms with Crippen LogP contribution in [-0.2, 0) is 17.8 Å². The molecule has 0 aromatic carbocycles. The van der Waals surface area contributed by atoms with Crippen molar-refractivity contribution in [2.24, 2.45) is 0 Å². The topological polar surface area (TPSA) is 46.3 Å². The third-order valence-corrected chi connectivity index (χ3v) is 2.28. The number of oxazole rings is 1. The van der Waals surface area contributed by atoms with Gasteiger partial charge in [-0.2, -0.15) is 0 Å². The Bertz CT molecular complexity index is 343. The Labute approximate surface area is 76.6 Å². The average Bonchev–Trinajstić information content (AvgIpc) is 2.42. The van der Waals surface area contributed by atoms with Crippen LogP contribution in [0.3, 0.4) is 0 Å². The van der Waals surface area contributed by atoms with E-state index >= 15 is 0 Å². The van der Waals surface area contributed by atoms with Gasteiger partial charge in [-0.1, -0.05) is 0 Å². The highest BCUT2D eigenvalue weighted by atomic mass is 16.4. The van der Waals surface area contributed by atoms with Gasteiger partial charge < -0.3 is 9.32 Å². The lowest BCUT2D eigenvalue weighted by Gasteiger charge is -2.23. The van der Waals surface area contributed by atoms with Gasteiger partial charge in [-0.15, -0.1) is 0 Å². The summed E-state index contributed by atoms with van der Waals surface area (Å²) in [5.41, 5.74) is 0.916. The minimum Gasteiger partial charge on any atom is -0.446 e. The summed E-state index contributed by atoms with van der Waals surface area (Å²) in [5, 5.41) is 0. The zero-order valence-electron chi connectivity index (χ0n) is 7.83. The second-order valence-corrected chi connectivity index (χ2v) is 3.29. The van der Waals surface area contributed by atoms with Crippen molar-refractivity contribution in [3.8, 4) is 0 Å². The van der Waals surface area contributed by atoms with Crippen molar-refractivity contribution in [1.82, 2.24) is 9.88 Å². The lowest BCUT2D eigenvalue weighted by Crippen LogP contribution is -2.33. The van der Waals surface area contributed by atoms with E-state index in [1.54, 1.807) is 11.8 Å². The first-order valence-corrected chi connectivity index (χ1v) is 4.37. The lowest BCUT2D eigenvalue weighted by molar-refractivity contribution is -0.129. The van der Waals surface area contributed by atoms with Crippen molar-refractivity contribution >= 4 is 5.91 Å². The number of hydrogen-bond acceptors (Lipinski definition) is 3. The third-order valence-electron chi connectivity index (χ3n) is 2.28. The van der Waals surface area contributed by atoms with Crippen LogP contribution in [0.15, 0.2) is 4.42 Å². The van der Waals surface area contributed by atoms with Crippen molar-refractivity contribution < 1.29 is 9.21 Å². The minimum absolute atomic E-state index is 0.103. The molecule has 0 radical (unpaired) electrons. The van der Waals surface area contributed by atoms with Gasteiger partial charge in [0.25, 0.3) is 0 Å². The quantitative estimate of drug-likeness (QED) is 0.595. The largest absolute Gasteiger partial charge is 0.446 e. The summed E-state index contributed by atoms with van der Waals surface area (Å²) < 4.78 is 5.38. The molecule has 1 aliphatic heterocycles. The highest BCUT2D eigenvalue weighted by Crippen LogP contribution is 2.18. The van der Waals surface area contributed by atoms with E-state index in [1.165, 1.54) is 0 Å². The lowest BCUT2D eigenvalue weighted by atomic mass is 10.2. The summed E-state index contributed by atoms with van der Waals surface area (Å²) in [5.74, 6) is 1.73. The number of rotatable bonds is 0. The summed E-state index contributed by atoms with van der Waals surface area (Å²) in [6, 6.07) is 0. The van der Waals surface area contributed by atoms with E-state index in [4.69, 9.17) is 4.42 Å². The van der Waals surface area contributed by atoms with Gasteiger partial charge in [-0.3, -0.25) is 4.79 Å². The van der Waals surface area contributed by atoms with Crippen LogP contribution in [-0.4, -0.2) is 22.3 Å². The summed E-state index contributed by atoms with van der Waals surface area (Å²) in [6.07, 6.45) is 0.787. The zero-order chi connectivity index (χ0) is 9.42. The van der Waals surface area contributed by atoms with Gasteiger partial charge in [0, 0.05) is 26.8 Å². The van der Waals surface area contributed by atoms with E-state index < -0.39 is 0 Å². The number of amides is 1. The van der Waals surface area contributed by atoms with Gasteiger partial charge in [0.2, 0.25) is 5.91 Å². The van der Waals surface area contributed by atoms with Crippen LogP contribution in [0.2, 0.25) is 0 Å². The van der Waals surface area contributed by atoms with Crippen LogP contribution in [0.25, 0.3) is 0 Å². The second kappa shape index (κ2) is 2.87. The Morgan fingerprint density at radius 1 is 1.62 bits per heavy atom. The molecule has 1 aromatic rings. The minimum atomic E-state index is 0.103. The molecule has 0 atom stereocenters. The number of nitrogens with zero attached hydrogens (tertiary/aromatic N) is 2. The van der Waals surface area contributed by atoms with Crippen LogP contribution < -0.4 is 0 Å². The molecule has 13 heavy (non-hydrogen) atoms. The number of carbonyl (C=O) groups is 1. The Kier molecular flexibility index (Phi) is 1.83. The van der Waals surface area contributed by atoms with Crippen molar-refractivity contribution in [3.63, 3.8) is 0 Å². The van der Waals surface area contributed by atoms with E-state index in [-0.39, 0.29) is 5.91 Å². The van der Waals surface area contributed by atoms with Crippen molar-refractivity contribution in [1.29, 1.82) is 0 Å². The van der Waals surface area contributed by atoms with Crippen molar-refractivity contribution in [2.45, 2.75) is 26.8 Å². The molecule has 1 aliphatic rings.